The number of amides is 1. The van der Waals surface area contributed by atoms with Crippen molar-refractivity contribution in [2.45, 2.75) is 38.5 Å². The van der Waals surface area contributed by atoms with Crippen molar-refractivity contribution < 1.29 is 23.1 Å². The van der Waals surface area contributed by atoms with Gasteiger partial charge in [0.15, 0.2) is 0 Å². The fraction of sp³-hybridized carbons (Fsp3) is 0.529. The number of rotatable bonds is 7. The Morgan fingerprint density at radius 2 is 2.00 bits per heavy atom. The number of anilines is 1. The molecule has 8 heteroatoms. The van der Waals surface area contributed by atoms with Crippen molar-refractivity contribution in [1.82, 2.24) is 4.72 Å². The Bertz CT molecular complexity index is 773. The molecule has 1 atom stereocenters. The van der Waals surface area contributed by atoms with E-state index >= 15 is 0 Å². The molecule has 0 aromatic heterocycles. The Morgan fingerprint density at radius 1 is 1.32 bits per heavy atom. The Labute approximate surface area is 148 Å². The third kappa shape index (κ3) is 4.58. The lowest BCUT2D eigenvalue weighted by Crippen LogP contribution is -2.33. The molecule has 2 N–H and O–H groups in total. The van der Waals surface area contributed by atoms with Crippen LogP contribution in [0.15, 0.2) is 23.1 Å². The molecule has 0 spiro atoms. The average Bonchev–Trinajstić information content (AvgIpc) is 2.94. The molecule has 0 saturated heterocycles. The van der Waals surface area contributed by atoms with Crippen molar-refractivity contribution in [1.29, 1.82) is 0 Å². The zero-order valence-electron chi connectivity index (χ0n) is 14.7. The number of carbonyl (C=O) groups excluding carboxylic acids is 1. The van der Waals surface area contributed by atoms with Crippen LogP contribution in [0, 0.1) is 11.8 Å². The summed E-state index contributed by atoms with van der Waals surface area (Å²) < 4.78 is 27.4. The first-order chi connectivity index (χ1) is 11.6. The standard InChI is InChI=1S/C17H24N2O5S/c1-11(2)8-14(17(21)22)10-18-25(23,24)15-5-4-13-6-7-19(12(3)20)16(13)9-15/h4-5,9,11,14,18H,6-8,10H2,1-3H3,(H,21,22). The van der Waals surface area contributed by atoms with Gasteiger partial charge in [-0.25, -0.2) is 13.1 Å². The number of fused-ring (bicyclic) bond motifs is 1. The van der Waals surface area contributed by atoms with Gasteiger partial charge in [-0.2, -0.15) is 0 Å². The van der Waals surface area contributed by atoms with E-state index in [1.807, 2.05) is 13.8 Å². The molecule has 0 bridgehead atoms. The maximum absolute atomic E-state index is 12.5. The van der Waals surface area contributed by atoms with Gasteiger partial charge in [0.25, 0.3) is 0 Å². The molecule has 0 radical (unpaired) electrons. The summed E-state index contributed by atoms with van der Waals surface area (Å²) in [5.74, 6) is -1.79. The van der Waals surface area contributed by atoms with E-state index in [1.54, 1.807) is 11.0 Å². The predicted molar refractivity (Wildman–Crippen MR) is 93.9 cm³/mol. The van der Waals surface area contributed by atoms with E-state index < -0.39 is 21.9 Å². The van der Waals surface area contributed by atoms with Crippen LogP contribution in [0.3, 0.4) is 0 Å². The van der Waals surface area contributed by atoms with Crippen molar-refractivity contribution >= 4 is 27.6 Å². The molecule has 1 heterocycles. The number of sulfonamides is 1. The summed E-state index contributed by atoms with van der Waals surface area (Å²) in [6.45, 7) is 5.60. The minimum atomic E-state index is -3.85. The molecule has 1 aliphatic heterocycles. The van der Waals surface area contributed by atoms with E-state index in [2.05, 4.69) is 4.72 Å². The first-order valence-corrected chi connectivity index (χ1v) is 9.73. The highest BCUT2D eigenvalue weighted by Gasteiger charge is 2.26. The molecule has 0 saturated carbocycles. The molecule has 2 rings (SSSR count). The first-order valence-electron chi connectivity index (χ1n) is 8.25. The molecule has 138 valence electrons. The number of hydrogen-bond acceptors (Lipinski definition) is 4. The highest BCUT2D eigenvalue weighted by atomic mass is 32.2. The van der Waals surface area contributed by atoms with E-state index in [9.17, 15) is 23.1 Å². The van der Waals surface area contributed by atoms with Crippen molar-refractivity contribution in [3.8, 4) is 0 Å². The average molecular weight is 368 g/mol. The third-order valence-corrected chi connectivity index (χ3v) is 5.69. The van der Waals surface area contributed by atoms with Crippen LogP contribution in [-0.2, 0) is 26.0 Å². The van der Waals surface area contributed by atoms with Gasteiger partial charge in [-0.05, 0) is 36.5 Å². The van der Waals surface area contributed by atoms with Gasteiger partial charge in [-0.15, -0.1) is 0 Å². The fourth-order valence-corrected chi connectivity index (χ4v) is 4.09. The molecule has 1 aromatic rings. The lowest BCUT2D eigenvalue weighted by Gasteiger charge is -2.17. The van der Waals surface area contributed by atoms with E-state index in [0.717, 1.165) is 5.56 Å². The smallest absolute Gasteiger partial charge is 0.307 e. The normalized spacial score (nSPS) is 15.3. The Morgan fingerprint density at radius 3 is 2.56 bits per heavy atom. The highest BCUT2D eigenvalue weighted by Crippen LogP contribution is 2.30. The summed E-state index contributed by atoms with van der Waals surface area (Å²) in [6, 6.07) is 4.67. The molecule has 0 aliphatic carbocycles. The summed E-state index contributed by atoms with van der Waals surface area (Å²) in [5, 5.41) is 9.23. The van der Waals surface area contributed by atoms with Crippen LogP contribution in [0.5, 0.6) is 0 Å². The number of aliphatic carboxylic acids is 1. The summed E-state index contributed by atoms with van der Waals surface area (Å²) in [4.78, 5) is 24.5. The van der Waals surface area contributed by atoms with Gasteiger partial charge in [-0.3, -0.25) is 9.59 Å². The van der Waals surface area contributed by atoms with Crippen molar-refractivity contribution in [2.24, 2.45) is 11.8 Å². The highest BCUT2D eigenvalue weighted by molar-refractivity contribution is 7.89. The topological polar surface area (TPSA) is 104 Å². The van der Waals surface area contributed by atoms with Gasteiger partial charge in [0, 0.05) is 25.7 Å². The van der Waals surface area contributed by atoms with Crippen LogP contribution in [0.25, 0.3) is 0 Å². The lowest BCUT2D eigenvalue weighted by molar-refractivity contribution is -0.142. The molecular formula is C17H24N2O5S. The second kappa shape index (κ2) is 7.53. The van der Waals surface area contributed by atoms with Crippen LogP contribution < -0.4 is 9.62 Å². The molecule has 0 fully saturated rings. The number of carbonyl (C=O) groups is 2. The fourth-order valence-electron chi connectivity index (χ4n) is 2.99. The van der Waals surface area contributed by atoms with Crippen LogP contribution in [-0.4, -0.2) is 38.5 Å². The monoisotopic (exact) mass is 368 g/mol. The van der Waals surface area contributed by atoms with E-state index in [0.29, 0.717) is 25.1 Å². The number of nitrogens with one attached hydrogen (secondary N) is 1. The zero-order chi connectivity index (χ0) is 18.8. The number of carboxylic acids is 1. The summed E-state index contributed by atoms with van der Waals surface area (Å²) in [7, 11) is -3.85. The summed E-state index contributed by atoms with van der Waals surface area (Å²) >= 11 is 0. The molecule has 7 nitrogen and oxygen atoms in total. The molecule has 1 unspecified atom stereocenters. The minimum Gasteiger partial charge on any atom is -0.481 e. The second-order valence-electron chi connectivity index (χ2n) is 6.73. The maximum Gasteiger partial charge on any atom is 0.307 e. The van der Waals surface area contributed by atoms with Gasteiger partial charge in [0.05, 0.1) is 10.8 Å². The Balaban J connectivity index is 2.19. The largest absolute Gasteiger partial charge is 0.481 e. The second-order valence-corrected chi connectivity index (χ2v) is 8.49. The van der Waals surface area contributed by atoms with Crippen LogP contribution >= 0.6 is 0 Å². The molecule has 25 heavy (non-hydrogen) atoms. The van der Waals surface area contributed by atoms with Crippen LogP contribution in [0.1, 0.15) is 32.8 Å². The van der Waals surface area contributed by atoms with Gasteiger partial charge in [0.2, 0.25) is 15.9 Å². The quantitative estimate of drug-likeness (QED) is 0.761. The van der Waals surface area contributed by atoms with E-state index in [4.69, 9.17) is 0 Å². The van der Waals surface area contributed by atoms with Crippen LogP contribution in [0.4, 0.5) is 5.69 Å². The Kier molecular flexibility index (Phi) is 5.84. The third-order valence-electron chi connectivity index (χ3n) is 4.27. The SMILES string of the molecule is CC(=O)N1CCc2ccc(S(=O)(=O)NCC(CC(C)C)C(=O)O)cc21. The minimum absolute atomic E-state index is 0.0353. The summed E-state index contributed by atoms with van der Waals surface area (Å²) in [6.07, 6.45) is 1.08. The van der Waals surface area contributed by atoms with Gasteiger partial charge >= 0.3 is 5.97 Å². The van der Waals surface area contributed by atoms with Gasteiger partial charge in [-0.1, -0.05) is 19.9 Å². The maximum atomic E-state index is 12.5. The predicted octanol–water partition coefficient (Wildman–Crippen LogP) is 1.62. The van der Waals surface area contributed by atoms with Gasteiger partial charge < -0.3 is 10.0 Å². The van der Waals surface area contributed by atoms with Crippen molar-refractivity contribution in [3.63, 3.8) is 0 Å². The van der Waals surface area contributed by atoms with E-state index in [-0.39, 0.29) is 23.3 Å². The van der Waals surface area contributed by atoms with Gasteiger partial charge in [0.1, 0.15) is 0 Å². The molecule has 1 amide bonds. The van der Waals surface area contributed by atoms with Crippen molar-refractivity contribution in [3.05, 3.63) is 23.8 Å². The number of benzene rings is 1. The molecule has 1 aliphatic rings. The number of carboxylic acid groups (broad SMARTS) is 1. The van der Waals surface area contributed by atoms with Crippen molar-refractivity contribution in [2.75, 3.05) is 18.0 Å². The summed E-state index contributed by atoms with van der Waals surface area (Å²) in [5.41, 5.74) is 1.53. The number of hydrogen-bond donors (Lipinski definition) is 2. The molecular weight excluding hydrogens is 344 g/mol. The molecule has 1 aromatic carbocycles. The van der Waals surface area contributed by atoms with E-state index in [1.165, 1.54) is 19.1 Å². The lowest BCUT2D eigenvalue weighted by atomic mass is 9.98. The zero-order valence-corrected chi connectivity index (χ0v) is 15.5. The Hall–Kier alpha value is -1.93. The first kappa shape index (κ1) is 19.4. The van der Waals surface area contributed by atoms with Crippen LogP contribution in [0.2, 0.25) is 0 Å². The number of nitrogens with zero attached hydrogens (tertiary/aromatic N) is 1.